The molecule has 0 saturated heterocycles. The largest absolute Gasteiger partial charge is 0.348 e. The fourth-order valence-corrected chi connectivity index (χ4v) is 5.95. The number of para-hydroxylation sites is 1. The number of hydrogen-bond donors (Lipinski definition) is 1. The van der Waals surface area contributed by atoms with Gasteiger partial charge in [-0.25, -0.2) is 8.42 Å². The lowest BCUT2D eigenvalue weighted by Crippen LogP contribution is -2.41. The Balaban J connectivity index is 1.57. The van der Waals surface area contributed by atoms with E-state index in [1.165, 1.54) is 36.1 Å². The van der Waals surface area contributed by atoms with Crippen LogP contribution in [-0.4, -0.2) is 20.9 Å². The van der Waals surface area contributed by atoms with Gasteiger partial charge in [-0.15, -0.1) is 0 Å². The molecular formula is C26H27ClN2O3S. The van der Waals surface area contributed by atoms with Crippen LogP contribution >= 0.6 is 11.6 Å². The average molecular weight is 483 g/mol. The Labute approximate surface area is 200 Å². The second-order valence-corrected chi connectivity index (χ2v) is 10.6. The molecule has 0 spiro atoms. The number of nitrogens with zero attached hydrogens (tertiary/aromatic N) is 1. The Morgan fingerprint density at radius 2 is 1.64 bits per heavy atom. The zero-order chi connectivity index (χ0) is 23.4. The Morgan fingerprint density at radius 3 is 2.36 bits per heavy atom. The predicted octanol–water partition coefficient (Wildman–Crippen LogP) is 5.29. The summed E-state index contributed by atoms with van der Waals surface area (Å²) in [6, 6.07) is 20.8. The highest BCUT2D eigenvalue weighted by Gasteiger charge is 2.29. The maximum absolute atomic E-state index is 13.4. The standard InChI is InChI=1S/C26H27ClN2O3S/c1-19(21-16-15-20-9-5-6-10-22(20)17-21)28-26(30)18-29(25-14-8-7-13-24(25)27)33(31,32)23-11-3-2-4-12-23/h2-4,7-8,11-17,19H,5-6,9-10,18H2,1H3,(H,28,30). The highest BCUT2D eigenvalue weighted by Crippen LogP contribution is 2.30. The van der Waals surface area contributed by atoms with Crippen molar-refractivity contribution in [2.75, 3.05) is 10.8 Å². The van der Waals surface area contributed by atoms with Gasteiger partial charge in [-0.1, -0.05) is 60.1 Å². The first-order chi connectivity index (χ1) is 15.9. The van der Waals surface area contributed by atoms with E-state index in [4.69, 9.17) is 11.6 Å². The van der Waals surface area contributed by atoms with Gasteiger partial charge >= 0.3 is 0 Å². The Hall–Kier alpha value is -2.83. The number of carbonyl (C=O) groups excluding carboxylic acids is 1. The summed E-state index contributed by atoms with van der Waals surface area (Å²) in [5.41, 5.74) is 3.99. The minimum absolute atomic E-state index is 0.0976. The predicted molar refractivity (Wildman–Crippen MR) is 132 cm³/mol. The summed E-state index contributed by atoms with van der Waals surface area (Å²) >= 11 is 6.33. The highest BCUT2D eigenvalue weighted by molar-refractivity contribution is 7.92. The van der Waals surface area contributed by atoms with Gasteiger partial charge in [0.25, 0.3) is 10.0 Å². The first-order valence-corrected chi connectivity index (χ1v) is 12.9. The number of aryl methyl sites for hydroxylation is 2. The summed E-state index contributed by atoms with van der Waals surface area (Å²) in [6.07, 6.45) is 4.55. The molecule has 172 valence electrons. The number of nitrogens with one attached hydrogen (secondary N) is 1. The number of anilines is 1. The summed E-state index contributed by atoms with van der Waals surface area (Å²) in [6.45, 7) is 1.53. The fourth-order valence-electron chi connectivity index (χ4n) is 4.20. The SMILES string of the molecule is CC(NC(=O)CN(c1ccccc1Cl)S(=O)(=O)c1ccccc1)c1ccc2c(c1)CCCC2. The van der Waals surface area contributed by atoms with Crippen molar-refractivity contribution in [3.63, 3.8) is 0 Å². The summed E-state index contributed by atoms with van der Waals surface area (Å²) in [5.74, 6) is -0.403. The van der Waals surface area contributed by atoms with E-state index in [1.54, 1.807) is 42.5 Å². The molecule has 0 fully saturated rings. The molecule has 4 rings (SSSR count). The van der Waals surface area contributed by atoms with Crippen LogP contribution in [0.25, 0.3) is 0 Å². The van der Waals surface area contributed by atoms with E-state index >= 15 is 0 Å². The molecule has 3 aromatic carbocycles. The summed E-state index contributed by atoms with van der Waals surface area (Å²) in [5, 5.41) is 3.22. The molecule has 0 radical (unpaired) electrons. The van der Waals surface area contributed by atoms with Crippen molar-refractivity contribution < 1.29 is 13.2 Å². The highest BCUT2D eigenvalue weighted by atomic mass is 35.5. The van der Waals surface area contributed by atoms with Crippen LogP contribution in [0.15, 0.2) is 77.7 Å². The molecular weight excluding hydrogens is 456 g/mol. The van der Waals surface area contributed by atoms with Crippen LogP contribution < -0.4 is 9.62 Å². The van der Waals surface area contributed by atoms with Gasteiger partial charge in [0.1, 0.15) is 6.54 Å². The zero-order valence-corrected chi connectivity index (χ0v) is 20.1. The number of halogens is 1. The molecule has 1 unspecified atom stereocenters. The number of benzene rings is 3. The monoisotopic (exact) mass is 482 g/mol. The van der Waals surface area contributed by atoms with E-state index in [9.17, 15) is 13.2 Å². The van der Waals surface area contributed by atoms with Crippen molar-refractivity contribution in [3.8, 4) is 0 Å². The van der Waals surface area contributed by atoms with Crippen molar-refractivity contribution in [2.24, 2.45) is 0 Å². The van der Waals surface area contributed by atoms with Crippen molar-refractivity contribution in [2.45, 2.75) is 43.5 Å². The molecule has 7 heteroatoms. The van der Waals surface area contributed by atoms with Crippen molar-refractivity contribution in [1.29, 1.82) is 0 Å². The van der Waals surface area contributed by atoms with Gasteiger partial charge in [0.15, 0.2) is 0 Å². The smallest absolute Gasteiger partial charge is 0.264 e. The van der Waals surface area contributed by atoms with E-state index < -0.39 is 15.9 Å². The van der Waals surface area contributed by atoms with E-state index in [2.05, 4.69) is 17.4 Å². The topological polar surface area (TPSA) is 66.5 Å². The maximum Gasteiger partial charge on any atom is 0.264 e. The van der Waals surface area contributed by atoms with Crippen LogP contribution in [0, 0.1) is 0 Å². The third-order valence-corrected chi connectivity index (χ3v) is 8.08. The lowest BCUT2D eigenvalue weighted by molar-refractivity contribution is -0.120. The number of amides is 1. The molecule has 0 aromatic heterocycles. The maximum atomic E-state index is 13.4. The van der Waals surface area contributed by atoms with Crippen molar-refractivity contribution in [3.05, 3.63) is 94.5 Å². The molecule has 5 nitrogen and oxygen atoms in total. The van der Waals surface area contributed by atoms with Crippen LogP contribution in [0.3, 0.4) is 0 Å². The van der Waals surface area contributed by atoms with E-state index in [0.29, 0.717) is 0 Å². The Kier molecular flexibility index (Phi) is 7.05. The molecule has 0 saturated carbocycles. The number of fused-ring (bicyclic) bond motifs is 1. The Bertz CT molecular complexity index is 1250. The second-order valence-electron chi connectivity index (χ2n) is 8.30. The summed E-state index contributed by atoms with van der Waals surface area (Å²) in [4.78, 5) is 13.1. The van der Waals surface area contributed by atoms with Gasteiger partial charge in [-0.3, -0.25) is 9.10 Å². The molecule has 33 heavy (non-hydrogen) atoms. The van der Waals surface area contributed by atoms with E-state index in [1.807, 2.05) is 13.0 Å². The number of hydrogen-bond acceptors (Lipinski definition) is 3. The van der Waals surface area contributed by atoms with Gasteiger partial charge in [0, 0.05) is 0 Å². The summed E-state index contributed by atoms with van der Waals surface area (Å²) < 4.78 is 27.9. The first-order valence-electron chi connectivity index (χ1n) is 11.1. The van der Waals surface area contributed by atoms with Gasteiger partial charge in [-0.05, 0) is 73.6 Å². The Morgan fingerprint density at radius 1 is 0.970 bits per heavy atom. The van der Waals surface area contributed by atoms with Gasteiger partial charge in [-0.2, -0.15) is 0 Å². The lowest BCUT2D eigenvalue weighted by atomic mass is 9.89. The molecule has 1 aliphatic carbocycles. The van der Waals surface area contributed by atoms with Crippen LogP contribution in [0.5, 0.6) is 0 Å². The first kappa shape index (κ1) is 23.3. The molecule has 1 aliphatic rings. The third-order valence-electron chi connectivity index (χ3n) is 5.99. The number of sulfonamides is 1. The zero-order valence-electron chi connectivity index (χ0n) is 18.5. The van der Waals surface area contributed by atoms with Crippen LogP contribution in [0.4, 0.5) is 5.69 Å². The molecule has 0 aliphatic heterocycles. The fraction of sp³-hybridized carbons (Fsp3) is 0.269. The van der Waals surface area contributed by atoms with Crippen LogP contribution in [-0.2, 0) is 27.7 Å². The molecule has 1 N–H and O–H groups in total. The van der Waals surface area contributed by atoms with Gasteiger partial charge < -0.3 is 5.32 Å². The van der Waals surface area contributed by atoms with E-state index in [-0.39, 0.29) is 28.2 Å². The number of rotatable bonds is 7. The van der Waals surface area contributed by atoms with Crippen molar-refractivity contribution >= 4 is 33.2 Å². The minimum Gasteiger partial charge on any atom is -0.348 e. The van der Waals surface area contributed by atoms with Gasteiger partial charge in [0.2, 0.25) is 5.91 Å². The quantitative estimate of drug-likeness (QED) is 0.497. The van der Waals surface area contributed by atoms with Gasteiger partial charge in [0.05, 0.1) is 21.6 Å². The minimum atomic E-state index is -4.00. The summed E-state index contributed by atoms with van der Waals surface area (Å²) in [7, 11) is -4.00. The number of carbonyl (C=O) groups is 1. The van der Waals surface area contributed by atoms with Crippen LogP contribution in [0.1, 0.15) is 42.5 Å². The van der Waals surface area contributed by atoms with Crippen LogP contribution in [0.2, 0.25) is 5.02 Å². The molecule has 0 heterocycles. The molecule has 1 atom stereocenters. The third kappa shape index (κ3) is 5.23. The second kappa shape index (κ2) is 9.98. The van der Waals surface area contributed by atoms with Crippen molar-refractivity contribution in [1.82, 2.24) is 5.32 Å². The normalized spacial score (nSPS) is 14.2. The molecule has 1 amide bonds. The molecule has 0 bridgehead atoms. The lowest BCUT2D eigenvalue weighted by Gasteiger charge is -2.26. The molecule has 3 aromatic rings. The average Bonchev–Trinajstić information content (AvgIpc) is 2.83. The van der Waals surface area contributed by atoms with E-state index in [0.717, 1.165) is 22.7 Å².